The lowest BCUT2D eigenvalue weighted by Gasteiger charge is -2.37. The van der Waals surface area contributed by atoms with Crippen LogP contribution in [-0.4, -0.2) is 71.3 Å². The molecule has 1 spiro atoms. The third kappa shape index (κ3) is 5.58. The first-order chi connectivity index (χ1) is 19.7. The number of allylic oxidation sites excluding steroid dienone is 1. The minimum absolute atomic E-state index is 0.0785. The average molecular weight is 587 g/mol. The number of benzene rings is 1. The molecule has 2 bridgehead atoms. The van der Waals surface area contributed by atoms with Crippen LogP contribution in [0.2, 0.25) is 5.02 Å². The molecule has 3 aliphatic heterocycles. The highest BCUT2D eigenvalue weighted by molar-refractivity contribution is 6.34. The summed E-state index contributed by atoms with van der Waals surface area (Å²) in [5.74, 6) is -2.71. The van der Waals surface area contributed by atoms with Gasteiger partial charge in [0.05, 0.1) is 28.8 Å². The summed E-state index contributed by atoms with van der Waals surface area (Å²) in [4.78, 5) is 45.7. The fourth-order valence-corrected chi connectivity index (χ4v) is 7.35. The van der Waals surface area contributed by atoms with E-state index in [1.165, 1.54) is 0 Å². The highest BCUT2D eigenvalue weighted by Crippen LogP contribution is 2.65. The largest absolute Gasteiger partial charge is 0.465 e. The Kier molecular flexibility index (Phi) is 9.98. The molecular formula is C32H43ClN2O6. The van der Waals surface area contributed by atoms with Crippen molar-refractivity contribution in [3.63, 3.8) is 0 Å². The average Bonchev–Trinajstić information content (AvgIpc) is 3.46. The Balaban J connectivity index is 1.73. The number of anilines is 1. The number of para-hydroxylation sites is 1. The number of ether oxygens (including phenoxy) is 2. The molecule has 41 heavy (non-hydrogen) atoms. The highest BCUT2D eigenvalue weighted by atomic mass is 35.5. The number of aliphatic hydroxyl groups excluding tert-OH is 1. The maximum atomic E-state index is 14.6. The van der Waals surface area contributed by atoms with Gasteiger partial charge in [0.1, 0.15) is 17.6 Å². The molecule has 4 rings (SSSR count). The van der Waals surface area contributed by atoms with E-state index in [0.717, 1.165) is 19.3 Å². The van der Waals surface area contributed by atoms with Crippen LogP contribution in [0.1, 0.15) is 58.8 Å². The summed E-state index contributed by atoms with van der Waals surface area (Å²) in [5, 5.41) is 9.59. The van der Waals surface area contributed by atoms with Crippen LogP contribution >= 0.6 is 11.6 Å². The van der Waals surface area contributed by atoms with E-state index in [0.29, 0.717) is 42.9 Å². The molecule has 2 amide bonds. The van der Waals surface area contributed by atoms with Crippen LogP contribution < -0.4 is 4.90 Å². The van der Waals surface area contributed by atoms with E-state index in [-0.39, 0.29) is 37.5 Å². The molecule has 3 aliphatic rings. The maximum Gasteiger partial charge on any atom is 0.312 e. The molecule has 3 heterocycles. The standard InChI is InChI=1S/C32H43ClN2O6/c1-5-7-14-20-40-30(39)26-25-28(37)35(18-12-8-9-13-19-36)27(32(25)21-22(3)31(26,4)41-32)29(38)34(17-6-2)24-16-11-10-15-23(24)33/h5-6,10-11,15-16,22,25-27,36H,1-2,7-9,12-14,17-21H2,3-4H3/t22?,25-,26+,27?,31-,32?/m0/s1. The molecule has 6 atom stereocenters. The second-order valence-corrected chi connectivity index (χ2v) is 12.1. The number of likely N-dealkylation sites (tertiary alicyclic amines) is 1. The predicted molar refractivity (Wildman–Crippen MR) is 158 cm³/mol. The van der Waals surface area contributed by atoms with E-state index in [9.17, 15) is 19.5 Å². The first-order valence-corrected chi connectivity index (χ1v) is 15.1. The van der Waals surface area contributed by atoms with Crippen LogP contribution in [-0.2, 0) is 23.9 Å². The van der Waals surface area contributed by atoms with E-state index < -0.39 is 35.0 Å². The first-order valence-electron chi connectivity index (χ1n) is 14.7. The van der Waals surface area contributed by atoms with Gasteiger partial charge in [-0.3, -0.25) is 14.4 Å². The van der Waals surface area contributed by atoms with Crippen LogP contribution in [0.3, 0.4) is 0 Å². The molecule has 0 aromatic heterocycles. The quantitative estimate of drug-likeness (QED) is 0.178. The Labute approximate surface area is 248 Å². The Morgan fingerprint density at radius 3 is 2.61 bits per heavy atom. The molecule has 1 N–H and O–H groups in total. The van der Waals surface area contributed by atoms with Gasteiger partial charge in [0, 0.05) is 19.7 Å². The summed E-state index contributed by atoms with van der Waals surface area (Å²) in [5.41, 5.74) is -1.58. The third-order valence-corrected chi connectivity index (χ3v) is 9.45. The molecule has 1 aromatic carbocycles. The van der Waals surface area contributed by atoms with Crippen LogP contribution in [0.4, 0.5) is 5.69 Å². The topological polar surface area (TPSA) is 96.4 Å². The number of esters is 1. The Bertz CT molecular complexity index is 1160. The van der Waals surface area contributed by atoms with Crippen LogP contribution in [0, 0.1) is 17.8 Å². The molecule has 0 aliphatic carbocycles. The smallest absolute Gasteiger partial charge is 0.312 e. The van der Waals surface area contributed by atoms with E-state index in [1.54, 1.807) is 40.2 Å². The Hall–Kier alpha value is -2.68. The molecular weight excluding hydrogens is 544 g/mol. The summed E-state index contributed by atoms with van der Waals surface area (Å²) in [6.45, 7) is 12.4. The SMILES string of the molecule is C=CCCCOC(=O)[C@H]1[C@H]2C(=O)N(CCCCCCO)C(C(=O)N(CC=C)c3ccccc3Cl)C23CC(C)[C@]1(C)O3. The molecule has 9 heteroatoms. The first kappa shape index (κ1) is 31.3. The van der Waals surface area contributed by atoms with Crippen molar-refractivity contribution in [2.75, 3.05) is 31.2 Å². The van der Waals surface area contributed by atoms with E-state index >= 15 is 0 Å². The molecule has 0 radical (unpaired) electrons. The van der Waals surface area contributed by atoms with Gasteiger partial charge in [-0.2, -0.15) is 0 Å². The summed E-state index contributed by atoms with van der Waals surface area (Å²) in [6.07, 6.45) is 8.21. The summed E-state index contributed by atoms with van der Waals surface area (Å²) >= 11 is 6.54. The van der Waals surface area contributed by atoms with Gasteiger partial charge in [0.25, 0.3) is 5.91 Å². The van der Waals surface area contributed by atoms with Gasteiger partial charge >= 0.3 is 5.97 Å². The van der Waals surface area contributed by atoms with Gasteiger partial charge in [0.2, 0.25) is 5.91 Å². The number of carbonyl (C=O) groups is 3. The fraction of sp³-hybridized carbons (Fsp3) is 0.594. The van der Waals surface area contributed by atoms with Crippen LogP contribution in [0.5, 0.6) is 0 Å². The van der Waals surface area contributed by atoms with Gasteiger partial charge < -0.3 is 24.4 Å². The minimum Gasteiger partial charge on any atom is -0.465 e. The summed E-state index contributed by atoms with van der Waals surface area (Å²) in [6, 6.07) is 6.17. The number of hydrogen-bond donors (Lipinski definition) is 1. The van der Waals surface area contributed by atoms with Crippen molar-refractivity contribution in [3.05, 3.63) is 54.6 Å². The van der Waals surface area contributed by atoms with Crippen LogP contribution in [0.15, 0.2) is 49.6 Å². The van der Waals surface area contributed by atoms with Crippen molar-refractivity contribution >= 4 is 35.1 Å². The zero-order chi connectivity index (χ0) is 29.8. The molecule has 1 aromatic rings. The lowest BCUT2D eigenvalue weighted by atomic mass is 9.62. The van der Waals surface area contributed by atoms with Crippen molar-refractivity contribution in [3.8, 4) is 0 Å². The molecule has 3 saturated heterocycles. The molecule has 3 fully saturated rings. The van der Waals surface area contributed by atoms with Crippen molar-refractivity contribution in [2.24, 2.45) is 17.8 Å². The maximum absolute atomic E-state index is 14.6. The van der Waals surface area contributed by atoms with Crippen molar-refractivity contribution in [1.82, 2.24) is 4.90 Å². The number of aliphatic hydroxyl groups is 1. The molecule has 8 nitrogen and oxygen atoms in total. The second kappa shape index (κ2) is 13.1. The molecule has 0 saturated carbocycles. The number of halogens is 1. The van der Waals surface area contributed by atoms with Gasteiger partial charge in [-0.05, 0) is 57.1 Å². The van der Waals surface area contributed by atoms with Gasteiger partial charge in [-0.1, -0.05) is 55.7 Å². The van der Waals surface area contributed by atoms with Gasteiger partial charge in [-0.15, -0.1) is 13.2 Å². The zero-order valence-electron chi connectivity index (χ0n) is 24.2. The monoisotopic (exact) mass is 586 g/mol. The summed E-state index contributed by atoms with van der Waals surface area (Å²) < 4.78 is 12.5. The fourth-order valence-electron chi connectivity index (χ4n) is 7.11. The lowest BCUT2D eigenvalue weighted by molar-refractivity contribution is -0.161. The number of amides is 2. The summed E-state index contributed by atoms with van der Waals surface area (Å²) in [7, 11) is 0. The number of fused-ring (bicyclic) bond motifs is 1. The third-order valence-electron chi connectivity index (χ3n) is 9.13. The number of carbonyl (C=O) groups excluding carboxylic acids is 3. The minimum atomic E-state index is -1.17. The number of rotatable bonds is 15. The van der Waals surface area contributed by atoms with E-state index in [4.69, 9.17) is 21.1 Å². The van der Waals surface area contributed by atoms with Gasteiger partial charge in [-0.25, -0.2) is 0 Å². The Morgan fingerprint density at radius 1 is 1.20 bits per heavy atom. The highest BCUT2D eigenvalue weighted by Gasteiger charge is 2.80. The van der Waals surface area contributed by atoms with E-state index in [2.05, 4.69) is 13.2 Å². The number of nitrogens with zero attached hydrogens (tertiary/aromatic N) is 2. The number of unbranched alkanes of at least 4 members (excludes halogenated alkanes) is 4. The van der Waals surface area contributed by atoms with Crippen molar-refractivity contribution in [1.29, 1.82) is 0 Å². The van der Waals surface area contributed by atoms with Crippen molar-refractivity contribution < 1.29 is 29.0 Å². The number of hydrogen-bond acceptors (Lipinski definition) is 6. The Morgan fingerprint density at radius 2 is 1.93 bits per heavy atom. The van der Waals surface area contributed by atoms with Crippen LogP contribution in [0.25, 0.3) is 0 Å². The normalized spacial score (nSPS) is 29.9. The molecule has 3 unspecified atom stereocenters. The molecule has 224 valence electrons. The van der Waals surface area contributed by atoms with E-state index in [1.807, 2.05) is 19.9 Å². The van der Waals surface area contributed by atoms with Gasteiger partial charge in [0.15, 0.2) is 0 Å². The zero-order valence-corrected chi connectivity index (χ0v) is 25.0. The predicted octanol–water partition coefficient (Wildman–Crippen LogP) is 4.93. The lowest BCUT2D eigenvalue weighted by Crippen LogP contribution is -2.57. The van der Waals surface area contributed by atoms with Crippen molar-refractivity contribution in [2.45, 2.75) is 76.0 Å². The second-order valence-electron chi connectivity index (χ2n) is 11.7.